The van der Waals surface area contributed by atoms with Crippen LogP contribution in [0.2, 0.25) is 0 Å². The molecule has 100 valence electrons. The summed E-state index contributed by atoms with van der Waals surface area (Å²) in [6.45, 7) is 4.12. The maximum atomic E-state index is 5.59. The first-order valence-electron chi connectivity index (χ1n) is 6.30. The highest BCUT2D eigenvalue weighted by molar-refractivity contribution is 5.26. The average molecular weight is 250 g/mol. The third kappa shape index (κ3) is 6.30. The third-order valence-electron chi connectivity index (χ3n) is 2.46. The van der Waals surface area contributed by atoms with Crippen LogP contribution in [0.15, 0.2) is 36.6 Å². The molecule has 3 nitrogen and oxygen atoms in total. The number of methoxy groups -OCH3 is 1. The van der Waals surface area contributed by atoms with E-state index < -0.39 is 0 Å². The lowest BCUT2D eigenvalue weighted by Crippen LogP contribution is -1.97. The van der Waals surface area contributed by atoms with Crippen LogP contribution in [0, 0.1) is 0 Å². The Kier molecular flexibility index (Phi) is 7.73. The van der Waals surface area contributed by atoms with Crippen LogP contribution in [0.4, 0.5) is 0 Å². The number of hydrogen-bond donors (Lipinski definition) is 0. The molecule has 0 spiro atoms. The lowest BCUT2D eigenvalue weighted by Gasteiger charge is -2.05. The first-order valence-corrected chi connectivity index (χ1v) is 6.30. The minimum absolute atomic E-state index is 0.652. The molecule has 1 rings (SSSR count). The normalized spacial score (nSPS) is 10.8. The average Bonchev–Trinajstić information content (AvgIpc) is 2.42. The van der Waals surface area contributed by atoms with E-state index in [2.05, 4.69) is 0 Å². The second kappa shape index (κ2) is 9.54. The number of benzene rings is 1. The van der Waals surface area contributed by atoms with Gasteiger partial charge < -0.3 is 14.2 Å². The SMILES string of the molecule is CC=COCCCCOCc1ccc(OC)cc1. The van der Waals surface area contributed by atoms with Gasteiger partial charge in [-0.3, -0.25) is 0 Å². The monoisotopic (exact) mass is 250 g/mol. The summed E-state index contributed by atoms with van der Waals surface area (Å²) in [5.74, 6) is 0.875. The minimum Gasteiger partial charge on any atom is -0.502 e. The predicted octanol–water partition coefficient (Wildman–Crippen LogP) is 3.54. The lowest BCUT2D eigenvalue weighted by atomic mass is 10.2. The van der Waals surface area contributed by atoms with Gasteiger partial charge in [0.25, 0.3) is 0 Å². The molecule has 0 aliphatic rings. The standard InChI is InChI=1S/C15H22O3/c1-3-10-17-11-4-5-12-18-13-14-6-8-15(16-2)9-7-14/h3,6-10H,4-5,11-13H2,1-2H3. The van der Waals surface area contributed by atoms with E-state index in [9.17, 15) is 0 Å². The quantitative estimate of drug-likeness (QED) is 0.495. The molecule has 0 aromatic heterocycles. The Morgan fingerprint density at radius 1 is 1.06 bits per heavy atom. The van der Waals surface area contributed by atoms with Crippen molar-refractivity contribution in [2.75, 3.05) is 20.3 Å². The molecule has 18 heavy (non-hydrogen) atoms. The highest BCUT2D eigenvalue weighted by Gasteiger charge is 1.95. The van der Waals surface area contributed by atoms with Crippen LogP contribution in [0.1, 0.15) is 25.3 Å². The zero-order valence-electron chi connectivity index (χ0n) is 11.2. The highest BCUT2D eigenvalue weighted by atomic mass is 16.5. The van der Waals surface area contributed by atoms with Crippen molar-refractivity contribution in [3.63, 3.8) is 0 Å². The Hall–Kier alpha value is -1.48. The van der Waals surface area contributed by atoms with Crippen LogP contribution < -0.4 is 4.74 Å². The summed E-state index contributed by atoms with van der Waals surface area (Å²) in [5, 5.41) is 0. The van der Waals surface area contributed by atoms with Gasteiger partial charge >= 0.3 is 0 Å². The van der Waals surface area contributed by atoms with E-state index in [4.69, 9.17) is 14.2 Å². The summed E-state index contributed by atoms with van der Waals surface area (Å²) in [7, 11) is 1.67. The second-order valence-corrected chi connectivity index (χ2v) is 3.95. The number of hydrogen-bond acceptors (Lipinski definition) is 3. The van der Waals surface area contributed by atoms with Crippen molar-refractivity contribution in [3.8, 4) is 5.75 Å². The van der Waals surface area contributed by atoms with Gasteiger partial charge in [0.15, 0.2) is 0 Å². The van der Waals surface area contributed by atoms with Crippen LogP contribution in [0.5, 0.6) is 5.75 Å². The molecule has 0 heterocycles. The molecular weight excluding hydrogens is 228 g/mol. The van der Waals surface area contributed by atoms with E-state index in [0.29, 0.717) is 6.61 Å². The Bertz CT molecular complexity index is 330. The first kappa shape index (κ1) is 14.6. The van der Waals surface area contributed by atoms with Gasteiger partial charge in [0, 0.05) is 6.61 Å². The lowest BCUT2D eigenvalue weighted by molar-refractivity contribution is 0.111. The number of unbranched alkanes of at least 4 members (excludes halogenated alkanes) is 1. The van der Waals surface area contributed by atoms with Crippen molar-refractivity contribution in [2.45, 2.75) is 26.4 Å². The van der Waals surface area contributed by atoms with Crippen molar-refractivity contribution in [2.24, 2.45) is 0 Å². The Morgan fingerprint density at radius 2 is 1.78 bits per heavy atom. The van der Waals surface area contributed by atoms with Gasteiger partial charge in [-0.25, -0.2) is 0 Å². The number of rotatable bonds is 9. The molecular formula is C15H22O3. The Labute approximate surface area is 109 Å². The fraction of sp³-hybridized carbons (Fsp3) is 0.467. The van der Waals surface area contributed by atoms with Gasteiger partial charge in [0.05, 0.1) is 26.6 Å². The molecule has 0 bridgehead atoms. The Morgan fingerprint density at radius 3 is 2.44 bits per heavy atom. The maximum Gasteiger partial charge on any atom is 0.118 e. The van der Waals surface area contributed by atoms with Crippen LogP contribution >= 0.6 is 0 Å². The molecule has 0 aliphatic heterocycles. The highest BCUT2D eigenvalue weighted by Crippen LogP contribution is 2.11. The van der Waals surface area contributed by atoms with Crippen LogP contribution in [0.3, 0.4) is 0 Å². The summed E-state index contributed by atoms with van der Waals surface area (Å²) in [6, 6.07) is 7.94. The maximum absolute atomic E-state index is 5.59. The molecule has 0 atom stereocenters. The van der Waals surface area contributed by atoms with E-state index >= 15 is 0 Å². The van der Waals surface area contributed by atoms with E-state index in [0.717, 1.165) is 31.8 Å². The zero-order chi connectivity index (χ0) is 13.1. The zero-order valence-corrected chi connectivity index (χ0v) is 11.2. The van der Waals surface area contributed by atoms with Gasteiger partial charge in [-0.1, -0.05) is 18.2 Å². The summed E-state index contributed by atoms with van der Waals surface area (Å²) in [5.41, 5.74) is 1.17. The van der Waals surface area contributed by atoms with E-state index in [-0.39, 0.29) is 0 Å². The van der Waals surface area contributed by atoms with Crippen molar-refractivity contribution < 1.29 is 14.2 Å². The molecule has 0 saturated heterocycles. The predicted molar refractivity (Wildman–Crippen MR) is 72.7 cm³/mol. The summed E-state index contributed by atoms with van der Waals surface area (Å²) < 4.78 is 15.9. The van der Waals surface area contributed by atoms with Gasteiger partial charge in [-0.15, -0.1) is 0 Å². The largest absolute Gasteiger partial charge is 0.502 e. The molecule has 0 fully saturated rings. The molecule has 0 unspecified atom stereocenters. The van der Waals surface area contributed by atoms with Crippen LogP contribution in [-0.4, -0.2) is 20.3 Å². The van der Waals surface area contributed by atoms with Crippen molar-refractivity contribution >= 4 is 0 Å². The molecule has 0 N–H and O–H groups in total. The van der Waals surface area contributed by atoms with E-state index in [1.54, 1.807) is 13.4 Å². The fourth-order valence-corrected chi connectivity index (χ4v) is 1.47. The van der Waals surface area contributed by atoms with Gasteiger partial charge in [0.1, 0.15) is 5.75 Å². The molecule has 0 saturated carbocycles. The Balaban J connectivity index is 2.03. The second-order valence-electron chi connectivity index (χ2n) is 3.95. The van der Waals surface area contributed by atoms with Crippen LogP contribution in [-0.2, 0) is 16.1 Å². The van der Waals surface area contributed by atoms with Crippen molar-refractivity contribution in [1.29, 1.82) is 0 Å². The van der Waals surface area contributed by atoms with Crippen LogP contribution in [0.25, 0.3) is 0 Å². The molecule has 0 amide bonds. The molecule has 1 aromatic rings. The molecule has 1 aromatic carbocycles. The molecule has 3 heteroatoms. The summed E-state index contributed by atoms with van der Waals surface area (Å²) in [4.78, 5) is 0. The fourth-order valence-electron chi connectivity index (χ4n) is 1.47. The topological polar surface area (TPSA) is 27.7 Å². The van der Waals surface area contributed by atoms with Crippen molar-refractivity contribution in [1.82, 2.24) is 0 Å². The number of ether oxygens (including phenoxy) is 3. The minimum atomic E-state index is 0.652. The van der Waals surface area contributed by atoms with E-state index in [1.807, 2.05) is 37.3 Å². The van der Waals surface area contributed by atoms with E-state index in [1.165, 1.54) is 5.56 Å². The van der Waals surface area contributed by atoms with Gasteiger partial charge in [0.2, 0.25) is 0 Å². The first-order chi connectivity index (χ1) is 8.86. The molecule has 0 aliphatic carbocycles. The van der Waals surface area contributed by atoms with Crippen molar-refractivity contribution in [3.05, 3.63) is 42.2 Å². The smallest absolute Gasteiger partial charge is 0.118 e. The number of allylic oxidation sites excluding steroid dienone is 1. The molecule has 0 radical (unpaired) electrons. The third-order valence-corrected chi connectivity index (χ3v) is 2.46. The van der Waals surface area contributed by atoms with Gasteiger partial charge in [-0.2, -0.15) is 0 Å². The summed E-state index contributed by atoms with van der Waals surface area (Å²) >= 11 is 0. The summed E-state index contributed by atoms with van der Waals surface area (Å²) in [6.07, 6.45) is 5.65. The van der Waals surface area contributed by atoms with Gasteiger partial charge in [-0.05, 0) is 37.5 Å².